The van der Waals surface area contributed by atoms with Gasteiger partial charge in [-0.2, -0.15) is 5.26 Å². The molecule has 0 saturated heterocycles. The predicted octanol–water partition coefficient (Wildman–Crippen LogP) is 4.58. The van der Waals surface area contributed by atoms with Crippen molar-refractivity contribution in [1.82, 2.24) is 10.2 Å². The molecule has 2 aliphatic rings. The van der Waals surface area contributed by atoms with Gasteiger partial charge in [0.1, 0.15) is 11.6 Å². The number of anilines is 2. The molecule has 1 aromatic heterocycles. The fourth-order valence-corrected chi connectivity index (χ4v) is 6.40. The molecule has 0 fully saturated rings. The van der Waals surface area contributed by atoms with Crippen LogP contribution >= 0.6 is 23.1 Å². The SMILES string of the molecule is COc1ccccc1C1C(C#N)=C(N)N(c2nnc(SCC(=O)Nc3ccccc3)s2)C2=C1C(=O)CCC2. The van der Waals surface area contributed by atoms with Crippen LogP contribution in [0.3, 0.4) is 0 Å². The number of hydrogen-bond donors (Lipinski definition) is 2. The van der Waals surface area contributed by atoms with Crippen LogP contribution in [0.2, 0.25) is 0 Å². The van der Waals surface area contributed by atoms with Crippen molar-refractivity contribution in [1.29, 1.82) is 5.26 Å². The summed E-state index contributed by atoms with van der Waals surface area (Å²) in [6, 6.07) is 18.8. The van der Waals surface area contributed by atoms with E-state index in [1.165, 1.54) is 23.1 Å². The van der Waals surface area contributed by atoms with Gasteiger partial charge in [-0.05, 0) is 31.0 Å². The molecule has 11 heteroatoms. The lowest BCUT2D eigenvalue weighted by Crippen LogP contribution is -2.38. The Balaban J connectivity index is 1.46. The maximum Gasteiger partial charge on any atom is 0.234 e. The van der Waals surface area contributed by atoms with Gasteiger partial charge in [-0.1, -0.05) is 59.5 Å². The molecular formula is C27H24N6O3S2. The number of thioether (sulfide) groups is 1. The van der Waals surface area contributed by atoms with Gasteiger partial charge in [-0.15, -0.1) is 10.2 Å². The number of allylic oxidation sites excluding steroid dienone is 3. The van der Waals surface area contributed by atoms with E-state index < -0.39 is 5.92 Å². The summed E-state index contributed by atoms with van der Waals surface area (Å²) in [6.07, 6.45) is 1.67. The molecule has 1 unspecified atom stereocenters. The first-order chi connectivity index (χ1) is 18.5. The van der Waals surface area contributed by atoms with Crippen molar-refractivity contribution in [3.05, 3.63) is 82.8 Å². The monoisotopic (exact) mass is 544 g/mol. The van der Waals surface area contributed by atoms with Crippen molar-refractivity contribution in [2.45, 2.75) is 29.5 Å². The summed E-state index contributed by atoms with van der Waals surface area (Å²) in [5.41, 5.74) is 9.58. The molecular weight excluding hydrogens is 520 g/mol. The van der Waals surface area contributed by atoms with Crippen LogP contribution in [0, 0.1) is 11.3 Å². The number of amides is 1. The van der Waals surface area contributed by atoms with Crippen LogP contribution in [0.25, 0.3) is 0 Å². The maximum atomic E-state index is 13.3. The van der Waals surface area contributed by atoms with Crippen LogP contribution in [-0.2, 0) is 9.59 Å². The first-order valence-electron chi connectivity index (χ1n) is 11.9. The molecule has 1 aliphatic carbocycles. The molecule has 1 amide bonds. The summed E-state index contributed by atoms with van der Waals surface area (Å²) < 4.78 is 6.14. The highest BCUT2D eigenvalue weighted by atomic mass is 32.2. The summed E-state index contributed by atoms with van der Waals surface area (Å²) in [5, 5.41) is 22.0. The average Bonchev–Trinajstić information content (AvgIpc) is 3.40. The Kier molecular flexibility index (Phi) is 7.44. The topological polar surface area (TPSA) is 134 Å². The van der Waals surface area contributed by atoms with E-state index >= 15 is 0 Å². The lowest BCUT2D eigenvalue weighted by atomic mass is 9.75. The molecule has 0 radical (unpaired) electrons. The van der Waals surface area contributed by atoms with Crippen molar-refractivity contribution in [3.63, 3.8) is 0 Å². The van der Waals surface area contributed by atoms with Gasteiger partial charge in [0, 0.05) is 28.9 Å². The molecule has 3 N–H and O–H groups in total. The molecule has 1 aliphatic heterocycles. The number of ether oxygens (including phenoxy) is 1. The second-order valence-corrected chi connectivity index (χ2v) is 10.8. The fourth-order valence-electron chi connectivity index (χ4n) is 4.72. The van der Waals surface area contributed by atoms with Gasteiger partial charge < -0.3 is 15.8 Å². The zero-order chi connectivity index (χ0) is 26.6. The Morgan fingerprint density at radius 2 is 1.97 bits per heavy atom. The van der Waals surface area contributed by atoms with Crippen molar-refractivity contribution in [2.75, 3.05) is 23.1 Å². The van der Waals surface area contributed by atoms with Gasteiger partial charge in [-0.3, -0.25) is 14.5 Å². The summed E-state index contributed by atoms with van der Waals surface area (Å²) in [5.74, 6) is 0.138. The first kappa shape index (κ1) is 25.5. The number of methoxy groups -OCH3 is 1. The van der Waals surface area contributed by atoms with E-state index in [-0.39, 0.29) is 28.8 Å². The van der Waals surface area contributed by atoms with Crippen LogP contribution < -0.4 is 20.7 Å². The zero-order valence-electron chi connectivity index (χ0n) is 20.5. The Bertz CT molecular complexity index is 1490. The Labute approximate surface area is 228 Å². The van der Waals surface area contributed by atoms with E-state index in [1.54, 1.807) is 12.0 Å². The lowest BCUT2D eigenvalue weighted by Gasteiger charge is -2.38. The van der Waals surface area contributed by atoms with Crippen molar-refractivity contribution < 1.29 is 14.3 Å². The Morgan fingerprint density at radius 1 is 1.21 bits per heavy atom. The van der Waals surface area contributed by atoms with Crippen LogP contribution in [0.4, 0.5) is 10.8 Å². The van der Waals surface area contributed by atoms with Gasteiger partial charge in [0.25, 0.3) is 0 Å². The van der Waals surface area contributed by atoms with Gasteiger partial charge in [0.15, 0.2) is 10.1 Å². The molecule has 0 saturated carbocycles. The number of ketones is 1. The molecule has 192 valence electrons. The molecule has 2 heterocycles. The number of rotatable bonds is 7. The second kappa shape index (κ2) is 11.1. The summed E-state index contributed by atoms with van der Waals surface area (Å²) in [6.45, 7) is 0. The van der Waals surface area contributed by atoms with Crippen LogP contribution in [0.15, 0.2) is 81.6 Å². The smallest absolute Gasteiger partial charge is 0.234 e. The highest BCUT2D eigenvalue weighted by Gasteiger charge is 2.42. The van der Waals surface area contributed by atoms with E-state index in [0.29, 0.717) is 40.1 Å². The minimum Gasteiger partial charge on any atom is -0.496 e. The number of benzene rings is 2. The summed E-state index contributed by atoms with van der Waals surface area (Å²) in [4.78, 5) is 27.4. The number of carbonyl (C=O) groups is 2. The normalized spacial score (nSPS) is 17.2. The third-order valence-corrected chi connectivity index (χ3v) is 8.38. The summed E-state index contributed by atoms with van der Waals surface area (Å²) in [7, 11) is 1.56. The quantitative estimate of drug-likeness (QED) is 0.410. The number of para-hydroxylation sites is 2. The molecule has 2 aromatic carbocycles. The molecule has 1 atom stereocenters. The van der Waals surface area contributed by atoms with Crippen LogP contribution in [-0.4, -0.2) is 34.8 Å². The van der Waals surface area contributed by atoms with Crippen LogP contribution in [0.5, 0.6) is 5.75 Å². The minimum atomic E-state index is -0.626. The second-order valence-electron chi connectivity index (χ2n) is 8.61. The largest absolute Gasteiger partial charge is 0.496 e. The fraction of sp³-hybridized carbons (Fsp3) is 0.222. The Hall–Kier alpha value is -4.14. The first-order valence-corrected chi connectivity index (χ1v) is 13.7. The molecule has 0 spiro atoms. The number of aromatic nitrogens is 2. The van der Waals surface area contributed by atoms with Gasteiger partial charge in [-0.25, -0.2) is 0 Å². The van der Waals surface area contributed by atoms with Gasteiger partial charge in [0.2, 0.25) is 11.0 Å². The zero-order valence-corrected chi connectivity index (χ0v) is 22.1. The molecule has 38 heavy (non-hydrogen) atoms. The average molecular weight is 545 g/mol. The number of nitrogens with zero attached hydrogens (tertiary/aromatic N) is 4. The van der Waals surface area contributed by atoms with Crippen molar-refractivity contribution in [2.24, 2.45) is 5.73 Å². The Morgan fingerprint density at radius 3 is 2.74 bits per heavy atom. The van der Waals surface area contributed by atoms with E-state index in [9.17, 15) is 14.9 Å². The van der Waals surface area contributed by atoms with Gasteiger partial charge >= 0.3 is 0 Å². The highest BCUT2D eigenvalue weighted by molar-refractivity contribution is 8.01. The predicted molar refractivity (Wildman–Crippen MR) is 147 cm³/mol. The number of Topliss-reactive ketones (excluding diaryl/α,β-unsaturated/α-hetero) is 1. The number of nitrogens with one attached hydrogen (secondary N) is 1. The van der Waals surface area contributed by atoms with E-state index in [4.69, 9.17) is 10.5 Å². The number of nitriles is 1. The third-order valence-electron chi connectivity index (χ3n) is 6.33. The van der Waals surface area contributed by atoms with E-state index in [1.807, 2.05) is 54.6 Å². The van der Waals surface area contributed by atoms with E-state index in [0.717, 1.165) is 16.9 Å². The standard InChI is InChI=1S/C27H24N6O3S2/c1-36-21-13-6-5-10-17(21)23-18(14-28)25(29)33(19-11-7-12-20(34)24(19)23)26-31-32-27(38-26)37-15-22(35)30-16-8-3-2-4-9-16/h2-6,8-10,13,23H,7,11-12,15,29H2,1H3,(H,30,35). The van der Waals surface area contributed by atoms with Crippen molar-refractivity contribution >= 4 is 45.6 Å². The maximum absolute atomic E-state index is 13.3. The molecule has 9 nitrogen and oxygen atoms in total. The summed E-state index contributed by atoms with van der Waals surface area (Å²) >= 11 is 2.52. The lowest BCUT2D eigenvalue weighted by molar-refractivity contribution is -0.116. The molecule has 0 bridgehead atoms. The number of carbonyl (C=O) groups excluding carboxylic acids is 2. The molecule has 3 aromatic rings. The van der Waals surface area contributed by atoms with Gasteiger partial charge in [0.05, 0.1) is 30.4 Å². The number of hydrogen-bond acceptors (Lipinski definition) is 10. The number of nitrogens with two attached hydrogens (primary N) is 1. The third kappa shape index (κ3) is 4.88. The van der Waals surface area contributed by atoms with Crippen molar-refractivity contribution in [3.8, 4) is 11.8 Å². The van der Waals surface area contributed by atoms with E-state index in [2.05, 4.69) is 21.6 Å². The minimum absolute atomic E-state index is 0.0240. The molecule has 5 rings (SSSR count). The van der Waals surface area contributed by atoms with Crippen LogP contribution in [0.1, 0.15) is 30.7 Å². The highest BCUT2D eigenvalue weighted by Crippen LogP contribution is 2.48.